The molecule has 4 rings (SSSR count). The van der Waals surface area contributed by atoms with Crippen LogP contribution in [0.15, 0.2) is 106 Å². The molecule has 0 aliphatic carbocycles. The van der Waals surface area contributed by atoms with Gasteiger partial charge in [-0.2, -0.15) is 10.2 Å². The third kappa shape index (κ3) is 4.01. The molecule has 0 aliphatic rings. The van der Waals surface area contributed by atoms with E-state index < -0.39 is 0 Å². The molecule has 3 aromatic carbocycles. The second-order valence-electron chi connectivity index (χ2n) is 5.73. The van der Waals surface area contributed by atoms with Gasteiger partial charge in [0.1, 0.15) is 0 Å². The highest BCUT2D eigenvalue weighted by atomic mass is 15.3. The molecule has 0 saturated carbocycles. The molecule has 0 aliphatic heterocycles. The maximum atomic E-state index is 4.42. The Morgan fingerprint density at radius 3 is 2.30 bits per heavy atom. The highest BCUT2D eigenvalue weighted by molar-refractivity contribution is 6.00. The van der Waals surface area contributed by atoms with Gasteiger partial charge in [-0.3, -0.25) is 5.43 Å². The summed E-state index contributed by atoms with van der Waals surface area (Å²) in [5.74, 6) is 0.908. The van der Waals surface area contributed by atoms with E-state index in [0.29, 0.717) is 11.7 Å². The molecule has 130 valence electrons. The number of amidine groups is 1. The molecule has 0 spiro atoms. The summed E-state index contributed by atoms with van der Waals surface area (Å²) in [5.41, 5.74) is 4.73. The molecule has 0 bridgehead atoms. The molecule has 6 heteroatoms. The molecule has 1 aromatic heterocycles. The first-order chi connectivity index (χ1) is 13.4. The van der Waals surface area contributed by atoms with Crippen LogP contribution in [-0.2, 0) is 0 Å². The van der Waals surface area contributed by atoms with E-state index in [0.717, 1.165) is 22.0 Å². The Morgan fingerprint density at radius 2 is 1.48 bits per heavy atom. The molecule has 0 saturated heterocycles. The first-order valence-electron chi connectivity index (χ1n) is 8.46. The molecular weight excluding hydrogens is 336 g/mol. The van der Waals surface area contributed by atoms with Gasteiger partial charge in [0.05, 0.1) is 11.9 Å². The van der Waals surface area contributed by atoms with E-state index in [4.69, 9.17) is 0 Å². The van der Waals surface area contributed by atoms with Crippen molar-refractivity contribution >= 4 is 28.1 Å². The summed E-state index contributed by atoms with van der Waals surface area (Å²) < 4.78 is 0. The van der Waals surface area contributed by atoms with Gasteiger partial charge in [0.15, 0.2) is 0 Å². The maximum absolute atomic E-state index is 4.42. The molecule has 0 atom stereocenters. The van der Waals surface area contributed by atoms with Crippen molar-refractivity contribution in [3.05, 3.63) is 96.7 Å². The minimum atomic E-state index is 0.453. The third-order valence-corrected chi connectivity index (χ3v) is 3.89. The lowest BCUT2D eigenvalue weighted by Gasteiger charge is -2.03. The summed E-state index contributed by atoms with van der Waals surface area (Å²) in [5, 5.41) is 23.0. The first-order valence-corrected chi connectivity index (χ1v) is 8.46. The van der Waals surface area contributed by atoms with Crippen LogP contribution >= 0.6 is 0 Å². The van der Waals surface area contributed by atoms with Gasteiger partial charge >= 0.3 is 0 Å². The second-order valence-corrected chi connectivity index (χ2v) is 5.73. The Hall–Kier alpha value is -3.93. The number of nitrogens with zero attached hydrogens (tertiary/aromatic N) is 5. The van der Waals surface area contributed by atoms with Crippen molar-refractivity contribution in [3.8, 4) is 0 Å². The predicted molar refractivity (Wildman–Crippen MR) is 107 cm³/mol. The van der Waals surface area contributed by atoms with Crippen LogP contribution in [0.4, 0.5) is 11.5 Å². The van der Waals surface area contributed by atoms with Crippen LogP contribution in [0.25, 0.3) is 10.8 Å². The first kappa shape index (κ1) is 16.5. The largest absolute Gasteiger partial charge is 0.276 e. The number of benzene rings is 3. The van der Waals surface area contributed by atoms with Crippen molar-refractivity contribution in [2.24, 2.45) is 15.3 Å². The topological polar surface area (TPSA) is 74.9 Å². The average Bonchev–Trinajstić information content (AvgIpc) is 2.75. The Bertz CT molecular complexity index is 1090. The Labute approximate surface area is 156 Å². The van der Waals surface area contributed by atoms with E-state index in [9.17, 15) is 0 Å². The number of anilines is 1. The van der Waals surface area contributed by atoms with Gasteiger partial charge in [-0.15, -0.1) is 15.3 Å². The van der Waals surface area contributed by atoms with E-state index in [1.54, 1.807) is 6.20 Å². The Morgan fingerprint density at radius 1 is 0.778 bits per heavy atom. The Kier molecular flexibility index (Phi) is 4.88. The normalized spacial score (nSPS) is 11.8. The maximum Gasteiger partial charge on any atom is 0.204 e. The lowest BCUT2D eigenvalue weighted by Crippen LogP contribution is -2.01. The molecule has 6 nitrogen and oxygen atoms in total. The van der Waals surface area contributed by atoms with Crippen LogP contribution in [0.2, 0.25) is 0 Å². The summed E-state index contributed by atoms with van der Waals surface area (Å²) in [7, 11) is 0. The van der Waals surface area contributed by atoms with Crippen LogP contribution < -0.4 is 5.43 Å². The zero-order valence-electron chi connectivity index (χ0n) is 14.4. The van der Waals surface area contributed by atoms with Crippen LogP contribution in [-0.4, -0.2) is 16.0 Å². The van der Waals surface area contributed by atoms with Gasteiger partial charge in [-0.1, -0.05) is 72.8 Å². The highest BCUT2D eigenvalue weighted by Crippen LogP contribution is 2.22. The third-order valence-electron chi connectivity index (χ3n) is 3.89. The quantitative estimate of drug-likeness (QED) is 0.238. The zero-order chi connectivity index (χ0) is 18.3. The number of hydrazone groups is 1. The molecule has 0 amide bonds. The summed E-state index contributed by atoms with van der Waals surface area (Å²) in [4.78, 5) is 0. The number of aromatic nitrogens is 2. The van der Waals surface area contributed by atoms with E-state index >= 15 is 0 Å². The van der Waals surface area contributed by atoms with E-state index in [1.807, 2.05) is 84.9 Å². The standard InChI is InChI=1S/C21H16N6/c1-3-9-16(10-4-1)20(25-23-18-12-5-2-6-13-18)26-27-21-19-14-8-7-11-17(19)15-22-24-21/h1-15,23H. The molecule has 0 fully saturated rings. The minimum absolute atomic E-state index is 0.453. The van der Waals surface area contributed by atoms with Crippen LogP contribution in [0.3, 0.4) is 0 Å². The number of azo groups is 1. The molecule has 0 unspecified atom stereocenters. The molecule has 4 aromatic rings. The molecular formula is C21H16N6. The minimum Gasteiger partial charge on any atom is -0.276 e. The van der Waals surface area contributed by atoms with Crippen molar-refractivity contribution in [1.29, 1.82) is 0 Å². The average molecular weight is 352 g/mol. The fourth-order valence-corrected chi connectivity index (χ4v) is 2.54. The summed E-state index contributed by atoms with van der Waals surface area (Å²) >= 11 is 0. The van der Waals surface area contributed by atoms with Gasteiger partial charge in [0.2, 0.25) is 11.7 Å². The van der Waals surface area contributed by atoms with Crippen molar-refractivity contribution in [1.82, 2.24) is 10.2 Å². The summed E-state index contributed by atoms with van der Waals surface area (Å²) in [6.07, 6.45) is 1.71. The zero-order valence-corrected chi connectivity index (χ0v) is 14.4. The van der Waals surface area contributed by atoms with Crippen LogP contribution in [0.1, 0.15) is 5.56 Å². The molecule has 1 N–H and O–H groups in total. The van der Waals surface area contributed by atoms with Crippen molar-refractivity contribution in [2.45, 2.75) is 0 Å². The van der Waals surface area contributed by atoms with Crippen molar-refractivity contribution in [3.63, 3.8) is 0 Å². The fraction of sp³-hybridized carbons (Fsp3) is 0. The number of nitrogens with one attached hydrogen (secondary N) is 1. The van der Waals surface area contributed by atoms with E-state index in [1.165, 1.54) is 0 Å². The summed E-state index contributed by atoms with van der Waals surface area (Å²) in [6, 6.07) is 27.1. The number of hydrogen-bond acceptors (Lipinski definition) is 5. The smallest absolute Gasteiger partial charge is 0.204 e. The van der Waals surface area contributed by atoms with Crippen molar-refractivity contribution in [2.75, 3.05) is 5.43 Å². The lowest BCUT2D eigenvalue weighted by molar-refractivity contribution is 1.02. The number of fused-ring (bicyclic) bond motifs is 1. The van der Waals surface area contributed by atoms with Crippen molar-refractivity contribution < 1.29 is 0 Å². The number of para-hydroxylation sites is 1. The second kappa shape index (κ2) is 7.97. The van der Waals surface area contributed by atoms with E-state index in [-0.39, 0.29) is 0 Å². The molecule has 1 heterocycles. The van der Waals surface area contributed by atoms with Gasteiger partial charge < -0.3 is 0 Å². The fourth-order valence-electron chi connectivity index (χ4n) is 2.54. The molecule has 0 radical (unpaired) electrons. The SMILES string of the molecule is c1ccc(NN=C(N=Nc2nncc3ccccc23)c2ccccc2)cc1. The monoisotopic (exact) mass is 352 g/mol. The number of rotatable bonds is 4. The van der Waals surface area contributed by atoms with Crippen LogP contribution in [0.5, 0.6) is 0 Å². The van der Waals surface area contributed by atoms with Gasteiger partial charge in [-0.05, 0) is 12.1 Å². The highest BCUT2D eigenvalue weighted by Gasteiger charge is 2.05. The van der Waals surface area contributed by atoms with Crippen LogP contribution in [0, 0.1) is 0 Å². The van der Waals surface area contributed by atoms with E-state index in [2.05, 4.69) is 31.0 Å². The van der Waals surface area contributed by atoms with Gasteiger partial charge in [0, 0.05) is 16.3 Å². The lowest BCUT2D eigenvalue weighted by atomic mass is 10.2. The Balaban J connectivity index is 1.69. The number of hydrogen-bond donors (Lipinski definition) is 1. The van der Waals surface area contributed by atoms with Gasteiger partial charge in [0.25, 0.3) is 0 Å². The van der Waals surface area contributed by atoms with Gasteiger partial charge in [-0.25, -0.2) is 0 Å². The predicted octanol–water partition coefficient (Wildman–Crippen LogP) is 5.19. The summed E-state index contributed by atoms with van der Waals surface area (Å²) in [6.45, 7) is 0. The molecule has 27 heavy (non-hydrogen) atoms.